The van der Waals surface area contributed by atoms with Gasteiger partial charge in [-0.1, -0.05) is 48.5 Å². The van der Waals surface area contributed by atoms with Crippen molar-refractivity contribution < 1.29 is 35.3 Å². The van der Waals surface area contributed by atoms with Crippen LogP contribution in [0.15, 0.2) is 78.9 Å². The van der Waals surface area contributed by atoms with Crippen molar-refractivity contribution in [1.29, 1.82) is 0 Å². The average Bonchev–Trinajstić information content (AvgIpc) is 2.75. The molecule has 10 heteroatoms. The highest BCUT2D eigenvalue weighted by molar-refractivity contribution is 7.88. The number of rotatable bonds is 6. The van der Waals surface area contributed by atoms with Gasteiger partial charge >= 0.3 is 21.7 Å². The van der Waals surface area contributed by atoms with Crippen LogP contribution in [0.25, 0.3) is 11.1 Å². The molecule has 0 aromatic heterocycles. The van der Waals surface area contributed by atoms with Gasteiger partial charge in [0, 0.05) is 5.56 Å². The number of anilines is 2. The van der Waals surface area contributed by atoms with Crippen molar-refractivity contribution >= 4 is 27.6 Å². The molecule has 3 rings (SSSR count). The van der Waals surface area contributed by atoms with E-state index >= 15 is 0 Å². The predicted octanol–water partition coefficient (Wildman–Crippen LogP) is 5.88. The van der Waals surface area contributed by atoms with Crippen molar-refractivity contribution in [2.24, 2.45) is 0 Å². The SMILES string of the molecule is CCOC(=O)N(c1ccccc1)c1ccccc1-c1ccc(OS(=O)(=O)C(F)(F)F)cc1. The van der Waals surface area contributed by atoms with Gasteiger partial charge in [0.1, 0.15) is 5.75 Å². The topological polar surface area (TPSA) is 72.9 Å². The van der Waals surface area contributed by atoms with Crippen molar-refractivity contribution in [1.82, 2.24) is 0 Å². The zero-order chi connectivity index (χ0) is 23.4. The summed E-state index contributed by atoms with van der Waals surface area (Å²) in [7, 11) is -5.77. The Bertz CT molecular complexity index is 1180. The molecule has 6 nitrogen and oxygen atoms in total. The number of para-hydroxylation sites is 2. The molecule has 0 aliphatic carbocycles. The molecule has 0 spiro atoms. The smallest absolute Gasteiger partial charge is 0.449 e. The molecule has 0 aliphatic rings. The third-order valence-corrected chi connectivity index (χ3v) is 5.24. The van der Waals surface area contributed by atoms with Crippen molar-refractivity contribution in [3.63, 3.8) is 0 Å². The summed E-state index contributed by atoms with van der Waals surface area (Å²) in [6.07, 6.45) is -0.609. The van der Waals surface area contributed by atoms with Crippen molar-refractivity contribution in [2.75, 3.05) is 11.5 Å². The molecule has 0 unspecified atom stereocenters. The number of hydrogen-bond acceptors (Lipinski definition) is 5. The zero-order valence-corrected chi connectivity index (χ0v) is 17.6. The lowest BCUT2D eigenvalue weighted by Crippen LogP contribution is -2.28. The van der Waals surface area contributed by atoms with Gasteiger partial charge in [0.2, 0.25) is 0 Å². The molecule has 0 atom stereocenters. The predicted molar refractivity (Wildman–Crippen MR) is 113 cm³/mol. The van der Waals surface area contributed by atoms with Gasteiger partial charge in [-0.3, -0.25) is 0 Å². The number of carbonyl (C=O) groups is 1. The quantitative estimate of drug-likeness (QED) is 0.336. The molecule has 168 valence electrons. The van der Waals surface area contributed by atoms with Crippen LogP contribution >= 0.6 is 0 Å². The minimum absolute atomic E-state index is 0.157. The van der Waals surface area contributed by atoms with E-state index in [0.29, 0.717) is 22.5 Å². The van der Waals surface area contributed by atoms with E-state index in [2.05, 4.69) is 4.18 Å². The second-order valence-electron chi connectivity index (χ2n) is 6.39. The fourth-order valence-corrected chi connectivity index (χ4v) is 3.34. The molecule has 0 fully saturated rings. The molecule has 0 saturated carbocycles. The Labute approximate surface area is 182 Å². The molecular formula is C22H18F3NO5S. The summed E-state index contributed by atoms with van der Waals surface area (Å²) in [5.41, 5.74) is -3.44. The standard InChI is InChI=1S/C22H18F3NO5S/c1-2-30-21(27)26(17-8-4-3-5-9-17)20-11-7-6-10-19(20)16-12-14-18(15-13-16)31-32(28,29)22(23,24)25/h3-15H,2H2,1H3. The molecule has 1 amide bonds. The van der Waals surface area contributed by atoms with E-state index in [4.69, 9.17) is 4.74 Å². The molecule has 0 radical (unpaired) electrons. The van der Waals surface area contributed by atoms with E-state index in [1.807, 2.05) is 0 Å². The molecule has 0 aliphatic heterocycles. The largest absolute Gasteiger partial charge is 0.534 e. The highest BCUT2D eigenvalue weighted by Gasteiger charge is 2.48. The molecular weight excluding hydrogens is 447 g/mol. The number of ether oxygens (including phenoxy) is 1. The number of halogens is 3. The van der Waals surface area contributed by atoms with Gasteiger partial charge in [0.15, 0.2) is 0 Å². The highest BCUT2D eigenvalue weighted by Crippen LogP contribution is 2.36. The molecule has 0 N–H and O–H groups in total. The van der Waals surface area contributed by atoms with Gasteiger partial charge in [-0.15, -0.1) is 0 Å². The maximum atomic E-state index is 12.7. The Kier molecular flexibility index (Phi) is 6.73. The minimum Gasteiger partial charge on any atom is -0.449 e. The Morgan fingerprint density at radius 1 is 0.906 bits per heavy atom. The first-order chi connectivity index (χ1) is 15.1. The van der Waals surface area contributed by atoms with Gasteiger partial charge in [-0.05, 0) is 42.8 Å². The Morgan fingerprint density at radius 3 is 2.09 bits per heavy atom. The summed E-state index contributed by atoms with van der Waals surface area (Å²) in [4.78, 5) is 14.1. The third-order valence-electron chi connectivity index (χ3n) is 4.26. The van der Waals surface area contributed by atoms with E-state index in [1.165, 1.54) is 17.0 Å². The van der Waals surface area contributed by atoms with Crippen LogP contribution in [0.3, 0.4) is 0 Å². The first kappa shape index (κ1) is 23.1. The maximum Gasteiger partial charge on any atom is 0.534 e. The number of alkyl halides is 3. The third kappa shape index (κ3) is 5.02. The van der Waals surface area contributed by atoms with Gasteiger partial charge < -0.3 is 8.92 Å². The van der Waals surface area contributed by atoms with Crippen LogP contribution in [0.5, 0.6) is 5.75 Å². The highest BCUT2D eigenvalue weighted by atomic mass is 32.2. The first-order valence-electron chi connectivity index (χ1n) is 9.36. The van der Waals surface area contributed by atoms with Gasteiger partial charge in [0.25, 0.3) is 0 Å². The molecule has 0 heterocycles. The van der Waals surface area contributed by atoms with E-state index < -0.39 is 27.5 Å². The fraction of sp³-hybridized carbons (Fsp3) is 0.136. The second kappa shape index (κ2) is 9.31. The van der Waals surface area contributed by atoms with Crippen molar-refractivity contribution in [2.45, 2.75) is 12.4 Å². The molecule has 3 aromatic carbocycles. The van der Waals surface area contributed by atoms with Gasteiger partial charge in [-0.2, -0.15) is 21.6 Å². The summed E-state index contributed by atoms with van der Waals surface area (Å²) in [5.74, 6) is -0.492. The summed E-state index contributed by atoms with van der Waals surface area (Å²) in [5, 5.41) is 0. The lowest BCUT2D eigenvalue weighted by molar-refractivity contribution is -0.0500. The lowest BCUT2D eigenvalue weighted by Gasteiger charge is -2.24. The summed E-state index contributed by atoms with van der Waals surface area (Å²) in [6, 6.07) is 20.6. The van der Waals surface area contributed by atoms with Crippen LogP contribution in [-0.4, -0.2) is 26.6 Å². The number of nitrogens with zero attached hydrogens (tertiary/aromatic N) is 1. The van der Waals surface area contributed by atoms with Gasteiger partial charge in [-0.25, -0.2) is 9.69 Å². The second-order valence-corrected chi connectivity index (χ2v) is 7.93. The Balaban J connectivity index is 2.01. The summed E-state index contributed by atoms with van der Waals surface area (Å²) < 4.78 is 69.4. The van der Waals surface area contributed by atoms with Crippen LogP contribution in [0, 0.1) is 0 Å². The number of hydrogen-bond donors (Lipinski definition) is 0. The average molecular weight is 465 g/mol. The number of amides is 1. The first-order valence-corrected chi connectivity index (χ1v) is 10.8. The number of carbonyl (C=O) groups excluding carboxylic acids is 1. The van der Waals surface area contributed by atoms with Gasteiger partial charge in [0.05, 0.1) is 18.0 Å². The van der Waals surface area contributed by atoms with Crippen LogP contribution in [0.1, 0.15) is 6.92 Å². The molecule has 0 bridgehead atoms. The maximum absolute atomic E-state index is 12.7. The summed E-state index contributed by atoms with van der Waals surface area (Å²) >= 11 is 0. The Morgan fingerprint density at radius 2 is 1.50 bits per heavy atom. The molecule has 3 aromatic rings. The molecule has 32 heavy (non-hydrogen) atoms. The van der Waals surface area contributed by atoms with Crippen LogP contribution < -0.4 is 9.08 Å². The molecule has 0 saturated heterocycles. The van der Waals surface area contributed by atoms with E-state index in [-0.39, 0.29) is 6.61 Å². The van der Waals surface area contributed by atoms with E-state index in [9.17, 15) is 26.4 Å². The van der Waals surface area contributed by atoms with E-state index in [0.717, 1.165) is 12.1 Å². The summed E-state index contributed by atoms with van der Waals surface area (Å²) in [6.45, 7) is 1.84. The number of benzene rings is 3. The van der Waals surface area contributed by atoms with Crippen LogP contribution in [0.4, 0.5) is 29.3 Å². The zero-order valence-electron chi connectivity index (χ0n) is 16.7. The Hall–Kier alpha value is -3.53. The lowest BCUT2D eigenvalue weighted by atomic mass is 10.0. The fourth-order valence-electron chi connectivity index (χ4n) is 2.88. The monoisotopic (exact) mass is 465 g/mol. The van der Waals surface area contributed by atoms with Crippen LogP contribution in [0.2, 0.25) is 0 Å². The normalized spacial score (nSPS) is 11.6. The van der Waals surface area contributed by atoms with Crippen molar-refractivity contribution in [3.8, 4) is 16.9 Å². The van der Waals surface area contributed by atoms with Crippen molar-refractivity contribution in [3.05, 3.63) is 78.9 Å². The van der Waals surface area contributed by atoms with Crippen LogP contribution in [-0.2, 0) is 14.9 Å². The van der Waals surface area contributed by atoms with E-state index in [1.54, 1.807) is 61.5 Å². The minimum atomic E-state index is -5.77.